The zero-order valence-electron chi connectivity index (χ0n) is 13.9. The van der Waals surface area contributed by atoms with Gasteiger partial charge in [-0.1, -0.05) is 18.2 Å². The molecule has 3 heteroatoms. The molecule has 0 unspecified atom stereocenters. The molecule has 2 aromatic rings. The first-order valence-corrected chi connectivity index (χ1v) is 7.45. The van der Waals surface area contributed by atoms with Crippen LogP contribution < -0.4 is 10.1 Å². The molecule has 0 aliphatic carbocycles. The number of nitrogens with one attached hydrogen (secondary N) is 1. The number of carbonyl (C=O) groups excluding carboxylic acids is 1. The molecule has 2 rings (SSSR count). The van der Waals surface area contributed by atoms with Crippen LogP contribution in [0.15, 0.2) is 36.4 Å². The van der Waals surface area contributed by atoms with Crippen molar-refractivity contribution in [2.75, 3.05) is 7.11 Å². The smallest absolute Gasteiger partial charge is 0.252 e. The van der Waals surface area contributed by atoms with Crippen LogP contribution in [0.2, 0.25) is 0 Å². The molecular weight excluding hydrogens is 274 g/mol. The van der Waals surface area contributed by atoms with Crippen molar-refractivity contribution >= 4 is 5.91 Å². The molecule has 0 aliphatic heterocycles. The zero-order chi connectivity index (χ0) is 16.3. The summed E-state index contributed by atoms with van der Waals surface area (Å²) in [5.74, 6) is 0.774. The highest BCUT2D eigenvalue weighted by molar-refractivity contribution is 5.96. The lowest BCUT2D eigenvalue weighted by Crippen LogP contribution is -2.27. The Morgan fingerprint density at radius 1 is 1.00 bits per heavy atom. The minimum Gasteiger partial charge on any atom is -0.497 e. The maximum Gasteiger partial charge on any atom is 0.252 e. The summed E-state index contributed by atoms with van der Waals surface area (Å²) >= 11 is 0. The minimum absolute atomic E-state index is 0.0380. The number of hydrogen-bond acceptors (Lipinski definition) is 2. The van der Waals surface area contributed by atoms with Crippen molar-refractivity contribution in [2.24, 2.45) is 0 Å². The number of carbonyl (C=O) groups is 1. The lowest BCUT2D eigenvalue weighted by atomic mass is 9.99. The van der Waals surface area contributed by atoms with Crippen LogP contribution in [0.4, 0.5) is 0 Å². The monoisotopic (exact) mass is 297 g/mol. The normalized spacial score (nSPS) is 11.9. The van der Waals surface area contributed by atoms with Gasteiger partial charge in [0.1, 0.15) is 5.75 Å². The van der Waals surface area contributed by atoms with Gasteiger partial charge >= 0.3 is 0 Å². The number of rotatable bonds is 4. The molecule has 0 fully saturated rings. The Morgan fingerprint density at radius 3 is 2.18 bits per heavy atom. The number of ether oxygens (including phenoxy) is 1. The summed E-state index contributed by atoms with van der Waals surface area (Å²) in [7, 11) is 1.64. The molecule has 1 amide bonds. The van der Waals surface area contributed by atoms with E-state index in [9.17, 15) is 4.79 Å². The summed E-state index contributed by atoms with van der Waals surface area (Å²) in [6, 6.07) is 11.7. The van der Waals surface area contributed by atoms with Gasteiger partial charge in [0.15, 0.2) is 0 Å². The van der Waals surface area contributed by atoms with Gasteiger partial charge in [-0.2, -0.15) is 0 Å². The molecule has 0 bridgehead atoms. The van der Waals surface area contributed by atoms with Crippen molar-refractivity contribution in [3.8, 4) is 5.75 Å². The maximum absolute atomic E-state index is 12.5. The van der Waals surface area contributed by atoms with Gasteiger partial charge in [0.25, 0.3) is 5.91 Å². The molecule has 0 saturated heterocycles. The van der Waals surface area contributed by atoms with Crippen LogP contribution in [0, 0.1) is 20.8 Å². The van der Waals surface area contributed by atoms with Gasteiger partial charge in [-0.3, -0.25) is 4.79 Å². The highest BCUT2D eigenvalue weighted by atomic mass is 16.5. The third kappa shape index (κ3) is 3.48. The van der Waals surface area contributed by atoms with Crippen LogP contribution in [0.3, 0.4) is 0 Å². The fourth-order valence-corrected chi connectivity index (χ4v) is 2.46. The van der Waals surface area contributed by atoms with Crippen molar-refractivity contribution in [3.63, 3.8) is 0 Å². The van der Waals surface area contributed by atoms with Crippen LogP contribution in [0.1, 0.15) is 45.6 Å². The standard InChI is InChI=1S/C19H23NO2/c1-12-10-14(3)18(11-13(12)2)19(21)20-15(4)16-6-8-17(22-5)9-7-16/h6-11,15H,1-5H3,(H,20,21)/t15-/m0/s1. The second-order valence-electron chi connectivity index (χ2n) is 5.72. The fraction of sp³-hybridized carbons (Fsp3) is 0.316. The van der Waals surface area contributed by atoms with E-state index in [0.29, 0.717) is 0 Å². The van der Waals surface area contributed by atoms with E-state index in [-0.39, 0.29) is 11.9 Å². The van der Waals surface area contributed by atoms with Crippen molar-refractivity contribution in [1.82, 2.24) is 5.32 Å². The Labute approximate surface area is 132 Å². The van der Waals surface area contributed by atoms with Gasteiger partial charge in [-0.15, -0.1) is 0 Å². The van der Waals surface area contributed by atoms with E-state index in [2.05, 4.69) is 18.3 Å². The van der Waals surface area contributed by atoms with Crippen LogP contribution in [0.25, 0.3) is 0 Å². The first-order chi connectivity index (χ1) is 10.4. The van der Waals surface area contributed by atoms with E-state index in [1.54, 1.807) is 7.11 Å². The van der Waals surface area contributed by atoms with Crippen molar-refractivity contribution in [1.29, 1.82) is 0 Å². The summed E-state index contributed by atoms with van der Waals surface area (Å²) in [4.78, 5) is 12.5. The van der Waals surface area contributed by atoms with Crippen molar-refractivity contribution in [2.45, 2.75) is 33.7 Å². The first-order valence-electron chi connectivity index (χ1n) is 7.45. The molecule has 0 heterocycles. The fourth-order valence-electron chi connectivity index (χ4n) is 2.46. The summed E-state index contributed by atoms with van der Waals surface area (Å²) < 4.78 is 5.15. The van der Waals surface area contributed by atoms with Gasteiger partial charge in [-0.25, -0.2) is 0 Å². The van der Waals surface area contributed by atoms with E-state index in [0.717, 1.165) is 28.0 Å². The quantitative estimate of drug-likeness (QED) is 0.922. The molecule has 0 aromatic heterocycles. The molecule has 0 spiro atoms. The SMILES string of the molecule is COc1ccc([C@H](C)NC(=O)c2cc(C)c(C)cc2C)cc1. The van der Waals surface area contributed by atoms with E-state index in [4.69, 9.17) is 4.74 Å². The third-order valence-corrected chi connectivity index (χ3v) is 4.05. The van der Waals surface area contributed by atoms with Crippen LogP contribution in [-0.4, -0.2) is 13.0 Å². The number of aryl methyl sites for hydroxylation is 3. The van der Waals surface area contributed by atoms with E-state index < -0.39 is 0 Å². The Morgan fingerprint density at radius 2 is 1.59 bits per heavy atom. The molecule has 2 aromatic carbocycles. The molecule has 1 N–H and O–H groups in total. The van der Waals surface area contributed by atoms with Gasteiger partial charge in [0.2, 0.25) is 0 Å². The lowest BCUT2D eigenvalue weighted by Gasteiger charge is -2.16. The number of benzene rings is 2. The Kier molecular flexibility index (Phi) is 4.86. The van der Waals surface area contributed by atoms with Crippen molar-refractivity contribution in [3.05, 3.63) is 64.2 Å². The van der Waals surface area contributed by atoms with Gasteiger partial charge < -0.3 is 10.1 Å². The predicted molar refractivity (Wildman–Crippen MR) is 89.5 cm³/mol. The number of amides is 1. The van der Waals surface area contributed by atoms with E-state index >= 15 is 0 Å². The van der Waals surface area contributed by atoms with Gasteiger partial charge in [0, 0.05) is 5.56 Å². The van der Waals surface area contributed by atoms with Crippen LogP contribution in [0.5, 0.6) is 5.75 Å². The Bertz CT molecular complexity index is 675. The molecule has 0 radical (unpaired) electrons. The van der Waals surface area contributed by atoms with Crippen LogP contribution >= 0.6 is 0 Å². The molecule has 0 saturated carbocycles. The van der Waals surface area contributed by atoms with Crippen LogP contribution in [-0.2, 0) is 0 Å². The highest BCUT2D eigenvalue weighted by Crippen LogP contribution is 2.19. The van der Waals surface area contributed by atoms with E-state index in [1.807, 2.05) is 51.1 Å². The van der Waals surface area contributed by atoms with Gasteiger partial charge in [0.05, 0.1) is 13.2 Å². The Balaban J connectivity index is 2.15. The minimum atomic E-state index is -0.0561. The molecule has 116 valence electrons. The largest absolute Gasteiger partial charge is 0.497 e. The number of methoxy groups -OCH3 is 1. The molecule has 0 aliphatic rings. The molecule has 3 nitrogen and oxygen atoms in total. The maximum atomic E-state index is 12.5. The van der Waals surface area contributed by atoms with Crippen molar-refractivity contribution < 1.29 is 9.53 Å². The summed E-state index contributed by atoms with van der Waals surface area (Å²) in [6.45, 7) is 8.04. The topological polar surface area (TPSA) is 38.3 Å². The second kappa shape index (κ2) is 6.65. The predicted octanol–water partition coefficient (Wildman–Crippen LogP) is 4.11. The summed E-state index contributed by atoms with van der Waals surface area (Å²) in [5, 5.41) is 3.06. The zero-order valence-corrected chi connectivity index (χ0v) is 13.9. The highest BCUT2D eigenvalue weighted by Gasteiger charge is 2.14. The Hall–Kier alpha value is -2.29. The number of hydrogen-bond donors (Lipinski definition) is 1. The first kappa shape index (κ1) is 16.1. The average molecular weight is 297 g/mol. The molecular formula is C19H23NO2. The second-order valence-corrected chi connectivity index (χ2v) is 5.72. The molecule has 22 heavy (non-hydrogen) atoms. The van der Waals surface area contributed by atoms with Gasteiger partial charge in [-0.05, 0) is 68.1 Å². The molecule has 1 atom stereocenters. The summed E-state index contributed by atoms with van der Waals surface area (Å²) in [6.07, 6.45) is 0. The third-order valence-electron chi connectivity index (χ3n) is 4.05. The average Bonchev–Trinajstić information content (AvgIpc) is 2.50. The van der Waals surface area contributed by atoms with E-state index in [1.165, 1.54) is 5.56 Å². The lowest BCUT2D eigenvalue weighted by molar-refractivity contribution is 0.0939. The summed E-state index contributed by atoms with van der Waals surface area (Å²) in [5.41, 5.74) is 5.13.